The molecule has 1 aliphatic carbocycles. The molecule has 2 aromatic heterocycles. The average molecular weight is 601 g/mol. The highest BCUT2D eigenvalue weighted by Crippen LogP contribution is 2.37. The molecule has 0 spiro atoms. The molecule has 1 N–H and O–H groups in total. The van der Waals surface area contributed by atoms with Crippen LogP contribution in [0.2, 0.25) is 0 Å². The minimum absolute atomic E-state index is 0.185. The lowest BCUT2D eigenvalue weighted by Gasteiger charge is -2.24. The van der Waals surface area contributed by atoms with Gasteiger partial charge in [-0.2, -0.15) is 0 Å². The molecule has 2 aliphatic rings. The van der Waals surface area contributed by atoms with Crippen LogP contribution in [0.5, 0.6) is 0 Å². The number of hydrogen-bond donors (Lipinski definition) is 1. The van der Waals surface area contributed by atoms with E-state index in [0.29, 0.717) is 26.9 Å². The fourth-order valence-electron chi connectivity index (χ4n) is 4.53. The second-order valence-electron chi connectivity index (χ2n) is 8.66. The highest BCUT2D eigenvalue weighted by atomic mass is 127. The summed E-state index contributed by atoms with van der Waals surface area (Å²) in [5.74, 6) is -1.06. The van der Waals surface area contributed by atoms with Crippen molar-refractivity contribution in [1.29, 1.82) is 0 Å². The van der Waals surface area contributed by atoms with Crippen LogP contribution in [0.1, 0.15) is 59.1 Å². The largest absolute Gasteiger partial charge is 0.463 e. The third-order valence-corrected chi connectivity index (χ3v) is 6.44. The minimum Gasteiger partial charge on any atom is -0.463 e. The quantitative estimate of drug-likeness (QED) is 0.216. The second kappa shape index (κ2) is 11.0. The summed E-state index contributed by atoms with van der Waals surface area (Å²) in [4.78, 5) is 48.8. The van der Waals surface area contributed by atoms with Crippen LogP contribution in [0.25, 0.3) is 11.2 Å². The first-order valence-corrected chi connectivity index (χ1v) is 12.6. The van der Waals surface area contributed by atoms with Gasteiger partial charge in [0.15, 0.2) is 39.2 Å². The predicted octanol–water partition coefficient (Wildman–Crippen LogP) is 2.50. The molecule has 1 saturated carbocycles. The number of fused-ring (bicyclic) bond motifs is 1. The molecule has 190 valence electrons. The van der Waals surface area contributed by atoms with E-state index in [1.165, 1.54) is 46.4 Å². The molecule has 4 unspecified atom stereocenters. The van der Waals surface area contributed by atoms with Crippen molar-refractivity contribution in [2.75, 3.05) is 11.9 Å². The molecule has 1 aliphatic heterocycles. The Bertz CT molecular complexity index is 1100. The molecule has 13 heteroatoms. The summed E-state index contributed by atoms with van der Waals surface area (Å²) in [5, 5.41) is 3.50. The average Bonchev–Trinajstić information content (AvgIpc) is 3.34. The Balaban J connectivity index is 1.70. The monoisotopic (exact) mass is 601 g/mol. The van der Waals surface area contributed by atoms with E-state index in [4.69, 9.17) is 18.9 Å². The maximum absolute atomic E-state index is 11.9. The molecule has 1 saturated heterocycles. The number of halogens is 1. The van der Waals surface area contributed by atoms with Gasteiger partial charge in [0.1, 0.15) is 12.7 Å². The first kappa shape index (κ1) is 25.5. The Labute approximate surface area is 215 Å². The number of nitrogens with zero attached hydrogens (tertiary/aromatic N) is 4. The molecule has 2 aromatic rings. The van der Waals surface area contributed by atoms with E-state index >= 15 is 0 Å². The van der Waals surface area contributed by atoms with Crippen LogP contribution in [0.4, 0.5) is 5.82 Å². The first-order valence-electron chi connectivity index (χ1n) is 11.5. The number of esters is 3. The van der Waals surface area contributed by atoms with Crippen molar-refractivity contribution in [3.63, 3.8) is 0 Å². The lowest BCUT2D eigenvalue weighted by Crippen LogP contribution is -2.40. The summed E-state index contributed by atoms with van der Waals surface area (Å²) in [6.45, 7) is 3.58. The fraction of sp³-hybridized carbons (Fsp3) is 0.636. The number of aromatic nitrogens is 4. The van der Waals surface area contributed by atoms with Crippen LogP contribution in [0, 0.1) is 3.83 Å². The van der Waals surface area contributed by atoms with E-state index in [0.717, 1.165) is 12.8 Å². The highest BCUT2D eigenvalue weighted by Gasteiger charge is 2.51. The number of hydrogen-bond acceptors (Lipinski definition) is 11. The van der Waals surface area contributed by atoms with Gasteiger partial charge in [0, 0.05) is 49.4 Å². The van der Waals surface area contributed by atoms with E-state index in [-0.39, 0.29) is 6.61 Å². The summed E-state index contributed by atoms with van der Waals surface area (Å²) in [6, 6.07) is 0.306. The van der Waals surface area contributed by atoms with Crippen molar-refractivity contribution < 1.29 is 33.3 Å². The van der Waals surface area contributed by atoms with Gasteiger partial charge in [-0.1, -0.05) is 19.3 Å². The standard InChI is InChI=1S/C22H28IN5O7/c1-11(29)32-9-15-17(33-12(2)30)18(34-13(3)31)21(35-15)28-10-24-16-19(26-22(23)27-20(16)28)25-14-7-5-4-6-8-14/h10,14-15,17-18,21H,4-9H2,1-3H3,(H,25,26,27). The van der Waals surface area contributed by atoms with Crippen molar-refractivity contribution in [3.05, 3.63) is 10.2 Å². The van der Waals surface area contributed by atoms with Crippen molar-refractivity contribution in [1.82, 2.24) is 19.5 Å². The van der Waals surface area contributed by atoms with Gasteiger partial charge in [-0.25, -0.2) is 15.0 Å². The molecule has 0 radical (unpaired) electrons. The van der Waals surface area contributed by atoms with E-state index in [2.05, 4.69) is 20.3 Å². The number of nitrogens with one attached hydrogen (secondary N) is 1. The van der Waals surface area contributed by atoms with Gasteiger partial charge in [0.25, 0.3) is 0 Å². The van der Waals surface area contributed by atoms with Gasteiger partial charge in [0.05, 0.1) is 6.33 Å². The zero-order valence-corrected chi connectivity index (χ0v) is 21.9. The van der Waals surface area contributed by atoms with Crippen LogP contribution in [0.3, 0.4) is 0 Å². The van der Waals surface area contributed by atoms with Gasteiger partial charge < -0.3 is 24.3 Å². The number of imidazole rings is 1. The van der Waals surface area contributed by atoms with Crippen LogP contribution in [0.15, 0.2) is 6.33 Å². The molecule has 4 rings (SSSR count). The Morgan fingerprint density at radius 3 is 2.40 bits per heavy atom. The third kappa shape index (κ3) is 6.00. The minimum atomic E-state index is -1.02. The van der Waals surface area contributed by atoms with Crippen LogP contribution < -0.4 is 5.32 Å². The summed E-state index contributed by atoms with van der Waals surface area (Å²) >= 11 is 2.04. The number of carbonyl (C=O) groups is 3. The van der Waals surface area contributed by atoms with E-state index < -0.39 is 42.4 Å². The number of anilines is 1. The van der Waals surface area contributed by atoms with E-state index in [1.54, 1.807) is 4.57 Å². The number of ether oxygens (including phenoxy) is 4. The van der Waals surface area contributed by atoms with Crippen LogP contribution in [-0.2, 0) is 33.3 Å². The SMILES string of the molecule is CC(=O)OCC1OC(n2cnc3c(NC4CCCCC4)nc(I)nc32)C(OC(C)=O)C1OC(C)=O. The maximum atomic E-state index is 11.9. The Morgan fingerprint density at radius 1 is 1.06 bits per heavy atom. The van der Waals surface area contributed by atoms with E-state index in [9.17, 15) is 14.4 Å². The normalized spacial score (nSPS) is 24.8. The lowest BCUT2D eigenvalue weighted by molar-refractivity contribution is -0.166. The van der Waals surface area contributed by atoms with Gasteiger partial charge in [-0.15, -0.1) is 0 Å². The molecule has 12 nitrogen and oxygen atoms in total. The zero-order valence-electron chi connectivity index (χ0n) is 19.7. The van der Waals surface area contributed by atoms with Gasteiger partial charge in [-0.05, 0) is 12.8 Å². The van der Waals surface area contributed by atoms with Gasteiger partial charge in [0.2, 0.25) is 0 Å². The molecule has 35 heavy (non-hydrogen) atoms. The molecule has 2 fully saturated rings. The Hall–Kier alpha value is -2.55. The molecular weight excluding hydrogens is 573 g/mol. The topological polar surface area (TPSA) is 144 Å². The maximum Gasteiger partial charge on any atom is 0.303 e. The molecule has 0 aromatic carbocycles. The lowest BCUT2D eigenvalue weighted by atomic mass is 9.95. The Kier molecular flexibility index (Phi) is 8.04. The summed E-state index contributed by atoms with van der Waals surface area (Å²) in [6.07, 6.45) is 3.40. The smallest absolute Gasteiger partial charge is 0.303 e. The zero-order chi connectivity index (χ0) is 25.1. The third-order valence-electron chi connectivity index (χ3n) is 5.95. The first-order chi connectivity index (χ1) is 16.7. The van der Waals surface area contributed by atoms with Crippen molar-refractivity contribution in [2.24, 2.45) is 0 Å². The van der Waals surface area contributed by atoms with Crippen molar-refractivity contribution in [3.8, 4) is 0 Å². The fourth-order valence-corrected chi connectivity index (χ4v) is 5.00. The molecule has 0 bridgehead atoms. The van der Waals surface area contributed by atoms with Crippen LogP contribution >= 0.6 is 22.6 Å². The molecular formula is C22H28IN5O7. The molecule has 3 heterocycles. The molecule has 4 atom stereocenters. The number of carbonyl (C=O) groups excluding carboxylic acids is 3. The number of rotatable bonds is 7. The van der Waals surface area contributed by atoms with Crippen molar-refractivity contribution >= 4 is 57.5 Å². The van der Waals surface area contributed by atoms with E-state index in [1.807, 2.05) is 22.6 Å². The van der Waals surface area contributed by atoms with Gasteiger partial charge in [-0.3, -0.25) is 19.0 Å². The summed E-state index contributed by atoms with van der Waals surface area (Å²) in [7, 11) is 0. The second-order valence-corrected chi connectivity index (χ2v) is 9.63. The summed E-state index contributed by atoms with van der Waals surface area (Å²) in [5.41, 5.74) is 1.02. The predicted molar refractivity (Wildman–Crippen MR) is 130 cm³/mol. The highest BCUT2D eigenvalue weighted by molar-refractivity contribution is 14.1. The van der Waals surface area contributed by atoms with Crippen LogP contribution in [-0.4, -0.2) is 68.4 Å². The van der Waals surface area contributed by atoms with Gasteiger partial charge >= 0.3 is 17.9 Å². The summed E-state index contributed by atoms with van der Waals surface area (Å²) < 4.78 is 24.4. The Morgan fingerprint density at radius 2 is 1.74 bits per heavy atom. The van der Waals surface area contributed by atoms with Crippen molar-refractivity contribution in [2.45, 2.75) is 83.5 Å². The molecule has 0 amide bonds.